The van der Waals surface area contributed by atoms with Crippen LogP contribution in [0.4, 0.5) is 0 Å². The molecule has 1 aromatic heterocycles. The number of carbonyl (C=O) groups is 1. The predicted molar refractivity (Wildman–Crippen MR) is 93.1 cm³/mol. The predicted octanol–water partition coefficient (Wildman–Crippen LogP) is 2.57. The van der Waals surface area contributed by atoms with Crippen molar-refractivity contribution in [3.63, 3.8) is 0 Å². The Balaban J connectivity index is 1.89. The number of fused-ring (bicyclic) bond motifs is 3. The van der Waals surface area contributed by atoms with Crippen LogP contribution in [0.5, 0.6) is 11.5 Å². The number of hydrogen-bond donors (Lipinski definition) is 4. The Kier molecular flexibility index (Phi) is 3.62. The van der Waals surface area contributed by atoms with Crippen LogP contribution in [0, 0.1) is 0 Å². The Morgan fingerprint density at radius 1 is 1.24 bits per heavy atom. The Labute approximate surface area is 144 Å². The summed E-state index contributed by atoms with van der Waals surface area (Å²) < 4.78 is 5.19. The van der Waals surface area contributed by atoms with Crippen LogP contribution < -0.4 is 10.1 Å². The number of rotatable bonds is 3. The van der Waals surface area contributed by atoms with Crippen LogP contribution in [0.3, 0.4) is 0 Å². The van der Waals surface area contributed by atoms with E-state index < -0.39 is 12.0 Å². The van der Waals surface area contributed by atoms with E-state index in [4.69, 9.17) is 4.74 Å². The number of carboxylic acids is 1. The van der Waals surface area contributed by atoms with Gasteiger partial charge in [-0.15, -0.1) is 0 Å². The minimum Gasteiger partial charge on any atom is -0.504 e. The molecule has 2 atom stereocenters. The molecule has 4 N–H and O–H groups in total. The summed E-state index contributed by atoms with van der Waals surface area (Å²) >= 11 is 0. The van der Waals surface area contributed by atoms with Crippen molar-refractivity contribution in [3.05, 3.63) is 59.3 Å². The summed E-state index contributed by atoms with van der Waals surface area (Å²) in [6.07, 6.45) is 0.417. The summed E-state index contributed by atoms with van der Waals surface area (Å²) in [5.41, 5.74) is 3.77. The molecule has 6 heteroatoms. The fraction of sp³-hybridized carbons (Fsp3) is 0.211. The number of H-pyrrole nitrogens is 1. The molecule has 2 heterocycles. The third-order valence-electron chi connectivity index (χ3n) is 4.75. The number of aliphatic carboxylic acids is 1. The van der Waals surface area contributed by atoms with E-state index in [9.17, 15) is 15.0 Å². The van der Waals surface area contributed by atoms with E-state index in [0.29, 0.717) is 12.2 Å². The molecule has 6 nitrogen and oxygen atoms in total. The third-order valence-corrected chi connectivity index (χ3v) is 4.75. The van der Waals surface area contributed by atoms with E-state index in [-0.39, 0.29) is 11.8 Å². The molecular weight excluding hydrogens is 320 g/mol. The molecule has 0 fully saturated rings. The number of benzene rings is 2. The number of methoxy groups -OCH3 is 1. The number of phenolic OH excluding ortho intramolecular Hbond substituents is 1. The van der Waals surface area contributed by atoms with E-state index in [1.165, 1.54) is 7.11 Å². The number of aromatic amines is 1. The monoisotopic (exact) mass is 338 g/mol. The molecular formula is C19H18N2O4. The maximum Gasteiger partial charge on any atom is 0.321 e. The Hall–Kier alpha value is -2.99. The summed E-state index contributed by atoms with van der Waals surface area (Å²) in [5.74, 6) is -0.477. The molecule has 1 aliphatic heterocycles. The first-order chi connectivity index (χ1) is 12.1. The van der Waals surface area contributed by atoms with E-state index in [2.05, 4.69) is 10.3 Å². The van der Waals surface area contributed by atoms with Gasteiger partial charge in [0.15, 0.2) is 11.5 Å². The quantitative estimate of drug-likeness (QED) is 0.589. The Morgan fingerprint density at radius 3 is 2.80 bits per heavy atom. The zero-order valence-corrected chi connectivity index (χ0v) is 13.6. The van der Waals surface area contributed by atoms with Gasteiger partial charge in [0.1, 0.15) is 6.04 Å². The SMILES string of the molecule is COc1cc([C@H]2N[C@@H](C(=O)O)Cc3c2[nH]c2ccccc32)ccc1O. The van der Waals surface area contributed by atoms with Gasteiger partial charge in [0.2, 0.25) is 0 Å². The highest BCUT2D eigenvalue weighted by Gasteiger charge is 2.34. The first-order valence-corrected chi connectivity index (χ1v) is 8.03. The zero-order valence-electron chi connectivity index (χ0n) is 13.6. The summed E-state index contributed by atoms with van der Waals surface area (Å²) in [6, 6.07) is 11.9. The lowest BCUT2D eigenvalue weighted by atomic mass is 9.90. The molecule has 25 heavy (non-hydrogen) atoms. The van der Waals surface area contributed by atoms with Crippen LogP contribution in [0.25, 0.3) is 10.9 Å². The van der Waals surface area contributed by atoms with Gasteiger partial charge in [0.05, 0.1) is 13.2 Å². The molecule has 0 saturated carbocycles. The number of phenols is 1. The molecule has 2 aromatic carbocycles. The number of carboxylic acid groups (broad SMARTS) is 1. The van der Waals surface area contributed by atoms with E-state index in [1.807, 2.05) is 24.3 Å². The lowest BCUT2D eigenvalue weighted by Gasteiger charge is -2.29. The maximum absolute atomic E-state index is 11.6. The van der Waals surface area contributed by atoms with Gasteiger partial charge in [0.25, 0.3) is 0 Å². The van der Waals surface area contributed by atoms with Crippen molar-refractivity contribution < 1.29 is 19.7 Å². The van der Waals surface area contributed by atoms with Crippen molar-refractivity contribution in [2.75, 3.05) is 7.11 Å². The molecule has 0 saturated heterocycles. The second-order valence-electron chi connectivity index (χ2n) is 6.19. The average Bonchev–Trinajstić information content (AvgIpc) is 3.00. The Morgan fingerprint density at radius 2 is 2.04 bits per heavy atom. The molecule has 4 rings (SSSR count). The van der Waals surface area contributed by atoms with Crippen LogP contribution in [0.2, 0.25) is 0 Å². The normalized spacial score (nSPS) is 19.6. The topological polar surface area (TPSA) is 94.6 Å². The highest BCUT2D eigenvalue weighted by atomic mass is 16.5. The minimum absolute atomic E-state index is 0.0497. The van der Waals surface area contributed by atoms with E-state index in [0.717, 1.165) is 27.7 Å². The molecule has 0 bridgehead atoms. The van der Waals surface area contributed by atoms with Crippen LogP contribution >= 0.6 is 0 Å². The molecule has 0 aliphatic carbocycles. The van der Waals surface area contributed by atoms with Gasteiger partial charge in [-0.1, -0.05) is 24.3 Å². The zero-order chi connectivity index (χ0) is 17.6. The van der Waals surface area contributed by atoms with Crippen LogP contribution in [-0.4, -0.2) is 34.3 Å². The molecule has 0 amide bonds. The summed E-state index contributed by atoms with van der Waals surface area (Å²) in [4.78, 5) is 15.1. The average molecular weight is 338 g/mol. The standard InChI is InChI=1S/C19H18N2O4/c1-25-16-8-10(6-7-15(16)22)17-18-12(9-14(21-17)19(23)24)11-4-2-3-5-13(11)20-18/h2-8,14,17,20-22H,9H2,1H3,(H,23,24)/t14-,17-/m1/s1. The van der Waals surface area contributed by atoms with Gasteiger partial charge in [-0.2, -0.15) is 0 Å². The fourth-order valence-corrected chi connectivity index (χ4v) is 3.53. The van der Waals surface area contributed by atoms with Gasteiger partial charge in [-0.3, -0.25) is 10.1 Å². The molecule has 0 spiro atoms. The van der Waals surface area contributed by atoms with Gasteiger partial charge >= 0.3 is 5.97 Å². The smallest absolute Gasteiger partial charge is 0.321 e. The highest BCUT2D eigenvalue weighted by Crippen LogP contribution is 2.37. The second kappa shape index (κ2) is 5.82. The van der Waals surface area contributed by atoms with Crippen LogP contribution in [0.15, 0.2) is 42.5 Å². The maximum atomic E-state index is 11.6. The van der Waals surface area contributed by atoms with Gasteiger partial charge < -0.3 is 19.9 Å². The van der Waals surface area contributed by atoms with Gasteiger partial charge in [-0.05, 0) is 29.3 Å². The van der Waals surface area contributed by atoms with Crippen molar-refractivity contribution in [2.45, 2.75) is 18.5 Å². The highest BCUT2D eigenvalue weighted by molar-refractivity contribution is 5.87. The first kappa shape index (κ1) is 15.5. The molecule has 0 radical (unpaired) electrons. The lowest BCUT2D eigenvalue weighted by molar-refractivity contribution is -0.139. The molecule has 3 aromatic rings. The summed E-state index contributed by atoms with van der Waals surface area (Å²) in [6.45, 7) is 0. The van der Waals surface area contributed by atoms with Gasteiger partial charge in [-0.25, -0.2) is 0 Å². The number of aromatic nitrogens is 1. The molecule has 1 aliphatic rings. The van der Waals surface area contributed by atoms with Crippen LogP contribution in [0.1, 0.15) is 22.9 Å². The van der Waals surface area contributed by atoms with E-state index in [1.54, 1.807) is 18.2 Å². The molecule has 0 unspecified atom stereocenters. The first-order valence-electron chi connectivity index (χ1n) is 8.03. The van der Waals surface area contributed by atoms with Crippen molar-refractivity contribution >= 4 is 16.9 Å². The number of ether oxygens (including phenoxy) is 1. The largest absolute Gasteiger partial charge is 0.504 e. The number of para-hydroxylation sites is 1. The van der Waals surface area contributed by atoms with Crippen molar-refractivity contribution in [1.29, 1.82) is 0 Å². The van der Waals surface area contributed by atoms with Crippen molar-refractivity contribution in [3.8, 4) is 11.5 Å². The second-order valence-corrected chi connectivity index (χ2v) is 6.19. The van der Waals surface area contributed by atoms with Crippen molar-refractivity contribution in [1.82, 2.24) is 10.3 Å². The Bertz CT molecular complexity index is 963. The van der Waals surface area contributed by atoms with Crippen molar-refractivity contribution in [2.24, 2.45) is 0 Å². The fourth-order valence-electron chi connectivity index (χ4n) is 3.53. The van der Waals surface area contributed by atoms with Crippen LogP contribution in [-0.2, 0) is 11.2 Å². The summed E-state index contributed by atoms with van der Waals surface area (Å²) in [7, 11) is 1.49. The van der Waals surface area contributed by atoms with Gasteiger partial charge in [0, 0.05) is 23.0 Å². The number of aromatic hydroxyl groups is 1. The third kappa shape index (κ3) is 2.51. The summed E-state index contributed by atoms with van der Waals surface area (Å²) in [5, 5.41) is 23.6. The molecule has 128 valence electrons. The number of hydrogen-bond acceptors (Lipinski definition) is 4. The minimum atomic E-state index is -0.883. The number of nitrogens with one attached hydrogen (secondary N) is 2. The van der Waals surface area contributed by atoms with E-state index >= 15 is 0 Å². The lowest BCUT2D eigenvalue weighted by Crippen LogP contribution is -2.44.